The molecule has 0 radical (unpaired) electrons. The van der Waals surface area contributed by atoms with E-state index < -0.39 is 0 Å². The fourth-order valence-electron chi connectivity index (χ4n) is 2.22. The first-order valence-corrected chi connectivity index (χ1v) is 6.31. The van der Waals surface area contributed by atoms with Crippen LogP contribution >= 0.6 is 0 Å². The molecule has 0 amide bonds. The minimum atomic E-state index is 0.826. The van der Waals surface area contributed by atoms with E-state index in [4.69, 9.17) is 0 Å². The van der Waals surface area contributed by atoms with E-state index >= 15 is 0 Å². The van der Waals surface area contributed by atoms with Crippen LogP contribution in [0.1, 0.15) is 51.4 Å². The zero-order valence-corrected chi connectivity index (χ0v) is 9.65. The highest BCUT2D eigenvalue weighted by atomic mass is 14.9. The van der Waals surface area contributed by atoms with Gasteiger partial charge in [0.1, 0.15) is 0 Å². The van der Waals surface area contributed by atoms with Crippen LogP contribution in [-0.2, 0) is 0 Å². The summed E-state index contributed by atoms with van der Waals surface area (Å²) < 4.78 is 0. The summed E-state index contributed by atoms with van der Waals surface area (Å²) >= 11 is 0. The Bertz CT molecular complexity index is 117. The van der Waals surface area contributed by atoms with Gasteiger partial charge in [0.2, 0.25) is 0 Å². The van der Waals surface area contributed by atoms with Crippen molar-refractivity contribution < 1.29 is 0 Å². The van der Waals surface area contributed by atoms with Gasteiger partial charge >= 0.3 is 0 Å². The van der Waals surface area contributed by atoms with Gasteiger partial charge in [-0.2, -0.15) is 0 Å². The highest BCUT2D eigenvalue weighted by molar-refractivity contribution is 4.70. The molecule has 1 saturated carbocycles. The van der Waals surface area contributed by atoms with Crippen LogP contribution in [0.3, 0.4) is 0 Å². The van der Waals surface area contributed by atoms with Crippen molar-refractivity contribution in [2.24, 2.45) is 0 Å². The Hall–Kier alpha value is -0.0800. The van der Waals surface area contributed by atoms with E-state index in [9.17, 15) is 0 Å². The average Bonchev–Trinajstić information content (AvgIpc) is 2.46. The Labute approximate surface area is 88.8 Å². The van der Waals surface area contributed by atoms with Crippen LogP contribution in [0.5, 0.6) is 0 Å². The summed E-state index contributed by atoms with van der Waals surface area (Å²) in [5, 5.41) is 6.88. The van der Waals surface area contributed by atoms with Gasteiger partial charge in [0, 0.05) is 6.04 Å². The molecule has 0 aromatic carbocycles. The fraction of sp³-hybridized carbons (Fsp3) is 1.00. The second-order valence-electron chi connectivity index (χ2n) is 4.45. The molecule has 2 N–H and O–H groups in total. The quantitative estimate of drug-likeness (QED) is 0.505. The van der Waals surface area contributed by atoms with E-state index in [2.05, 4.69) is 10.6 Å². The molecule has 14 heavy (non-hydrogen) atoms. The molecule has 0 heterocycles. The lowest BCUT2D eigenvalue weighted by Gasteiger charge is -2.15. The van der Waals surface area contributed by atoms with E-state index in [0.29, 0.717) is 0 Å². The van der Waals surface area contributed by atoms with E-state index in [1.807, 2.05) is 7.05 Å². The molecular weight excluding hydrogens is 172 g/mol. The molecule has 0 unspecified atom stereocenters. The molecule has 0 spiro atoms. The summed E-state index contributed by atoms with van der Waals surface area (Å²) in [6.07, 6.45) is 11.2. The summed E-state index contributed by atoms with van der Waals surface area (Å²) in [6, 6.07) is 0.826. The zero-order valence-electron chi connectivity index (χ0n) is 9.65. The third-order valence-corrected chi connectivity index (χ3v) is 3.14. The van der Waals surface area contributed by atoms with E-state index in [1.165, 1.54) is 57.9 Å². The molecule has 1 aliphatic carbocycles. The van der Waals surface area contributed by atoms with Gasteiger partial charge in [-0.1, -0.05) is 25.7 Å². The van der Waals surface area contributed by atoms with Crippen LogP contribution in [0.25, 0.3) is 0 Å². The minimum Gasteiger partial charge on any atom is -0.320 e. The minimum absolute atomic E-state index is 0.826. The maximum atomic E-state index is 3.69. The summed E-state index contributed by atoms with van der Waals surface area (Å²) in [7, 11) is 2.03. The Morgan fingerprint density at radius 2 is 1.57 bits per heavy atom. The first kappa shape index (κ1) is 12.0. The topological polar surface area (TPSA) is 24.1 Å². The van der Waals surface area contributed by atoms with Crippen molar-refractivity contribution in [3.63, 3.8) is 0 Å². The normalized spacial score (nSPS) is 19.5. The Morgan fingerprint density at radius 1 is 0.929 bits per heavy atom. The number of hydrogen-bond acceptors (Lipinski definition) is 2. The average molecular weight is 198 g/mol. The monoisotopic (exact) mass is 198 g/mol. The van der Waals surface area contributed by atoms with Crippen LogP contribution in [0, 0.1) is 0 Å². The van der Waals surface area contributed by atoms with Gasteiger partial charge < -0.3 is 10.6 Å². The van der Waals surface area contributed by atoms with Crippen molar-refractivity contribution >= 4 is 0 Å². The van der Waals surface area contributed by atoms with E-state index in [-0.39, 0.29) is 0 Å². The van der Waals surface area contributed by atoms with Gasteiger partial charge in [-0.15, -0.1) is 0 Å². The molecule has 2 nitrogen and oxygen atoms in total. The van der Waals surface area contributed by atoms with Gasteiger partial charge in [0.25, 0.3) is 0 Å². The standard InChI is InChI=1S/C12H26N2/c1-13-10-6-7-11-14-12-8-4-2-3-5-9-12/h12-14H,2-11H2,1H3. The first-order valence-electron chi connectivity index (χ1n) is 6.31. The van der Waals surface area contributed by atoms with Crippen LogP contribution in [0.15, 0.2) is 0 Å². The van der Waals surface area contributed by atoms with Crippen molar-refractivity contribution in [1.82, 2.24) is 10.6 Å². The predicted molar refractivity (Wildman–Crippen MR) is 62.7 cm³/mol. The smallest absolute Gasteiger partial charge is 0.00670 e. The molecule has 84 valence electrons. The molecule has 0 atom stereocenters. The Morgan fingerprint density at radius 3 is 2.21 bits per heavy atom. The molecule has 0 aromatic heterocycles. The van der Waals surface area contributed by atoms with Crippen molar-refractivity contribution in [3.05, 3.63) is 0 Å². The highest BCUT2D eigenvalue weighted by Gasteiger charge is 2.10. The number of nitrogens with one attached hydrogen (secondary N) is 2. The lowest BCUT2D eigenvalue weighted by atomic mass is 10.1. The van der Waals surface area contributed by atoms with Crippen molar-refractivity contribution in [1.29, 1.82) is 0 Å². The van der Waals surface area contributed by atoms with Crippen LogP contribution in [-0.4, -0.2) is 26.2 Å². The summed E-state index contributed by atoms with van der Waals surface area (Å²) in [5.74, 6) is 0. The predicted octanol–water partition coefficient (Wildman–Crippen LogP) is 2.30. The van der Waals surface area contributed by atoms with Crippen molar-refractivity contribution in [2.75, 3.05) is 20.1 Å². The fourth-order valence-corrected chi connectivity index (χ4v) is 2.22. The van der Waals surface area contributed by atoms with Crippen LogP contribution in [0.2, 0.25) is 0 Å². The molecule has 1 fully saturated rings. The van der Waals surface area contributed by atoms with Crippen LogP contribution < -0.4 is 10.6 Å². The van der Waals surface area contributed by atoms with Gasteiger partial charge in [0.15, 0.2) is 0 Å². The van der Waals surface area contributed by atoms with Crippen LogP contribution in [0.4, 0.5) is 0 Å². The number of hydrogen-bond donors (Lipinski definition) is 2. The maximum Gasteiger partial charge on any atom is 0.00670 e. The van der Waals surface area contributed by atoms with Crippen molar-refractivity contribution in [3.8, 4) is 0 Å². The van der Waals surface area contributed by atoms with E-state index in [0.717, 1.165) is 12.6 Å². The van der Waals surface area contributed by atoms with Gasteiger partial charge in [-0.3, -0.25) is 0 Å². The Balaban J connectivity index is 1.93. The summed E-state index contributed by atoms with van der Waals surface area (Å²) in [5.41, 5.74) is 0. The van der Waals surface area contributed by atoms with Crippen molar-refractivity contribution in [2.45, 2.75) is 57.4 Å². The SMILES string of the molecule is CNCCCCNC1CCCCCC1. The highest BCUT2D eigenvalue weighted by Crippen LogP contribution is 2.16. The largest absolute Gasteiger partial charge is 0.320 e. The third-order valence-electron chi connectivity index (χ3n) is 3.14. The van der Waals surface area contributed by atoms with Gasteiger partial charge in [0.05, 0.1) is 0 Å². The summed E-state index contributed by atoms with van der Waals surface area (Å²) in [4.78, 5) is 0. The second kappa shape index (κ2) is 8.25. The lowest BCUT2D eigenvalue weighted by Crippen LogP contribution is -2.29. The molecule has 0 bridgehead atoms. The molecule has 2 heteroatoms. The lowest BCUT2D eigenvalue weighted by molar-refractivity contribution is 0.451. The maximum absolute atomic E-state index is 3.69. The molecule has 1 rings (SSSR count). The molecule has 0 aromatic rings. The molecule has 0 aliphatic heterocycles. The summed E-state index contributed by atoms with van der Waals surface area (Å²) in [6.45, 7) is 2.37. The third kappa shape index (κ3) is 5.61. The second-order valence-corrected chi connectivity index (χ2v) is 4.45. The molecule has 1 aliphatic rings. The van der Waals surface area contributed by atoms with Gasteiger partial charge in [-0.25, -0.2) is 0 Å². The first-order chi connectivity index (χ1) is 6.93. The zero-order chi connectivity index (χ0) is 10.1. The van der Waals surface area contributed by atoms with Gasteiger partial charge in [-0.05, 0) is 45.8 Å². The number of rotatable bonds is 6. The number of unbranched alkanes of at least 4 members (excludes halogenated alkanes) is 1. The Kier molecular flexibility index (Phi) is 7.06. The van der Waals surface area contributed by atoms with E-state index in [1.54, 1.807) is 0 Å². The molecule has 0 saturated heterocycles. The molecular formula is C12H26N2.